The summed E-state index contributed by atoms with van der Waals surface area (Å²) in [6.45, 7) is 2.53. The number of halogens is 3. The summed E-state index contributed by atoms with van der Waals surface area (Å²) < 4.78 is 0.741. The molecule has 3 N–H and O–H groups in total. The highest BCUT2D eigenvalue weighted by atomic mass is 35.5. The second kappa shape index (κ2) is 10.4. The van der Waals surface area contributed by atoms with E-state index in [9.17, 15) is 4.79 Å². The molecule has 0 saturated heterocycles. The van der Waals surface area contributed by atoms with E-state index in [4.69, 9.17) is 17.3 Å². The van der Waals surface area contributed by atoms with Gasteiger partial charge in [0.15, 0.2) is 0 Å². The maximum Gasteiger partial charge on any atom is 0.226 e. The van der Waals surface area contributed by atoms with Crippen molar-refractivity contribution in [1.82, 2.24) is 10.3 Å². The van der Waals surface area contributed by atoms with Gasteiger partial charge >= 0.3 is 0 Å². The van der Waals surface area contributed by atoms with Crippen molar-refractivity contribution in [1.29, 1.82) is 0 Å². The molecular weight excluding hydrogens is 385 g/mol. The van der Waals surface area contributed by atoms with Gasteiger partial charge in [0.25, 0.3) is 0 Å². The van der Waals surface area contributed by atoms with Crippen LogP contribution in [0.5, 0.6) is 0 Å². The van der Waals surface area contributed by atoms with Crippen molar-refractivity contribution >= 4 is 65.0 Å². The van der Waals surface area contributed by atoms with Gasteiger partial charge in [0.1, 0.15) is 5.01 Å². The van der Waals surface area contributed by atoms with E-state index >= 15 is 0 Å². The molecule has 2 rings (SSSR count). The van der Waals surface area contributed by atoms with Gasteiger partial charge in [-0.1, -0.05) is 11.6 Å². The van der Waals surface area contributed by atoms with Gasteiger partial charge in [0.2, 0.25) is 5.91 Å². The third kappa shape index (κ3) is 6.81. The van der Waals surface area contributed by atoms with Crippen LogP contribution in [0.15, 0.2) is 17.5 Å². The van der Waals surface area contributed by atoms with Gasteiger partial charge < -0.3 is 11.1 Å². The largest absolute Gasteiger partial charge is 0.356 e. The first-order valence-corrected chi connectivity index (χ1v) is 8.34. The monoisotopic (exact) mass is 401 g/mol. The standard InChI is InChI=1S/C13H16ClN3OS2.2ClH/c1-8(15)4-5-16-12(18)6-9-7-19-13(17-9)10-2-3-11(14)20-10;;/h2-3,7-8H,4-6,15H2,1H3,(H,16,18);2*1H. The Balaban J connectivity index is 0.00000220. The minimum atomic E-state index is -0.0216. The van der Waals surface area contributed by atoms with Gasteiger partial charge in [0.05, 0.1) is 21.3 Å². The average molecular weight is 403 g/mol. The van der Waals surface area contributed by atoms with Gasteiger partial charge in [-0.15, -0.1) is 47.5 Å². The lowest BCUT2D eigenvalue weighted by Crippen LogP contribution is -2.30. The number of nitrogens with two attached hydrogens (primary N) is 1. The quantitative estimate of drug-likeness (QED) is 0.773. The number of hydrogen-bond donors (Lipinski definition) is 2. The minimum Gasteiger partial charge on any atom is -0.356 e. The number of aromatic nitrogens is 1. The first-order valence-electron chi connectivity index (χ1n) is 6.27. The van der Waals surface area contributed by atoms with Gasteiger partial charge in [-0.2, -0.15) is 0 Å². The minimum absolute atomic E-state index is 0. The zero-order chi connectivity index (χ0) is 14.5. The third-order valence-electron chi connectivity index (χ3n) is 2.60. The maximum atomic E-state index is 11.7. The van der Waals surface area contributed by atoms with E-state index in [2.05, 4.69) is 10.3 Å². The topological polar surface area (TPSA) is 68.0 Å². The molecule has 0 aromatic carbocycles. The summed E-state index contributed by atoms with van der Waals surface area (Å²) in [5.41, 5.74) is 6.41. The lowest BCUT2D eigenvalue weighted by atomic mass is 10.2. The maximum absolute atomic E-state index is 11.7. The number of nitrogens with one attached hydrogen (secondary N) is 1. The fraction of sp³-hybridized carbons (Fsp3) is 0.385. The highest BCUT2D eigenvalue weighted by Crippen LogP contribution is 2.32. The smallest absolute Gasteiger partial charge is 0.226 e. The SMILES string of the molecule is CC(N)CCNC(=O)Cc1csc(-c2ccc(Cl)s2)n1.Cl.Cl. The number of amides is 1. The van der Waals surface area contributed by atoms with Crippen molar-refractivity contribution in [3.05, 3.63) is 27.5 Å². The molecule has 0 spiro atoms. The molecule has 0 bridgehead atoms. The Morgan fingerprint density at radius 1 is 1.45 bits per heavy atom. The zero-order valence-electron chi connectivity index (χ0n) is 11.9. The third-order valence-corrected chi connectivity index (χ3v) is 4.89. The molecule has 0 aliphatic heterocycles. The number of carbonyl (C=O) groups is 1. The average Bonchev–Trinajstić information content (AvgIpc) is 2.97. The normalized spacial score (nSPS) is 11.2. The molecule has 22 heavy (non-hydrogen) atoms. The predicted octanol–water partition coefficient (Wildman–Crippen LogP) is 3.76. The lowest BCUT2D eigenvalue weighted by molar-refractivity contribution is -0.120. The summed E-state index contributed by atoms with van der Waals surface area (Å²) >= 11 is 8.92. The molecule has 124 valence electrons. The summed E-state index contributed by atoms with van der Waals surface area (Å²) in [5, 5.41) is 5.66. The van der Waals surface area contributed by atoms with Gasteiger partial charge in [-0.25, -0.2) is 4.98 Å². The Labute approximate surface area is 155 Å². The van der Waals surface area contributed by atoms with Crippen LogP contribution in [0.1, 0.15) is 19.0 Å². The van der Waals surface area contributed by atoms with E-state index in [1.165, 1.54) is 22.7 Å². The number of hydrogen-bond acceptors (Lipinski definition) is 5. The molecule has 2 heterocycles. The van der Waals surface area contributed by atoms with Gasteiger partial charge in [-0.05, 0) is 25.5 Å². The van der Waals surface area contributed by atoms with Crippen LogP contribution in [0.3, 0.4) is 0 Å². The van der Waals surface area contributed by atoms with Crippen LogP contribution >= 0.6 is 59.1 Å². The van der Waals surface area contributed by atoms with Crippen LogP contribution in [-0.4, -0.2) is 23.5 Å². The van der Waals surface area contributed by atoms with E-state index in [-0.39, 0.29) is 36.8 Å². The van der Waals surface area contributed by atoms with Crippen molar-refractivity contribution in [3.63, 3.8) is 0 Å². The van der Waals surface area contributed by atoms with Crippen molar-refractivity contribution in [3.8, 4) is 9.88 Å². The van der Waals surface area contributed by atoms with Crippen LogP contribution in [0.4, 0.5) is 0 Å². The van der Waals surface area contributed by atoms with Gasteiger partial charge in [-0.3, -0.25) is 4.79 Å². The Morgan fingerprint density at radius 3 is 2.77 bits per heavy atom. The molecule has 0 radical (unpaired) electrons. The first-order chi connectivity index (χ1) is 9.54. The highest BCUT2D eigenvalue weighted by molar-refractivity contribution is 7.23. The van der Waals surface area contributed by atoms with Crippen LogP contribution < -0.4 is 11.1 Å². The number of rotatable bonds is 6. The number of thiophene rings is 1. The molecule has 0 aliphatic carbocycles. The Hall–Kier alpha value is -0.370. The number of carbonyl (C=O) groups excluding carboxylic acids is 1. The molecule has 4 nitrogen and oxygen atoms in total. The Kier molecular flexibility index (Phi) is 10.2. The Morgan fingerprint density at radius 2 is 2.18 bits per heavy atom. The molecule has 2 aromatic rings. The molecule has 9 heteroatoms. The van der Waals surface area contributed by atoms with Crippen LogP contribution in [0.2, 0.25) is 4.34 Å². The second-order valence-corrected chi connectivity index (χ2v) is 7.11. The molecule has 0 aliphatic rings. The summed E-state index contributed by atoms with van der Waals surface area (Å²) in [5.74, 6) is -0.0216. The fourth-order valence-electron chi connectivity index (χ4n) is 1.60. The lowest BCUT2D eigenvalue weighted by Gasteiger charge is -2.06. The van der Waals surface area contributed by atoms with Crippen LogP contribution in [-0.2, 0) is 11.2 Å². The van der Waals surface area contributed by atoms with Crippen LogP contribution in [0.25, 0.3) is 9.88 Å². The molecule has 0 saturated carbocycles. The summed E-state index contributed by atoms with van der Waals surface area (Å²) in [4.78, 5) is 17.2. The molecule has 0 fully saturated rings. The van der Waals surface area contributed by atoms with Crippen molar-refractivity contribution < 1.29 is 4.79 Å². The summed E-state index contributed by atoms with van der Waals surface area (Å²) in [6.07, 6.45) is 1.08. The summed E-state index contributed by atoms with van der Waals surface area (Å²) in [7, 11) is 0. The second-order valence-electron chi connectivity index (χ2n) is 4.54. The Bertz CT molecular complexity index is 587. The summed E-state index contributed by atoms with van der Waals surface area (Å²) in [6, 6.07) is 3.89. The first kappa shape index (κ1) is 21.6. The predicted molar refractivity (Wildman–Crippen MR) is 99.9 cm³/mol. The van der Waals surface area contributed by atoms with E-state index in [0.717, 1.165) is 26.3 Å². The zero-order valence-corrected chi connectivity index (χ0v) is 15.9. The molecular formula is C13H18Cl3N3OS2. The molecule has 1 atom stereocenters. The van der Waals surface area contributed by atoms with Crippen LogP contribution in [0, 0.1) is 0 Å². The van der Waals surface area contributed by atoms with E-state index in [1.54, 1.807) is 0 Å². The van der Waals surface area contributed by atoms with Gasteiger partial charge in [0, 0.05) is 18.0 Å². The molecule has 1 unspecified atom stereocenters. The fourth-order valence-corrected chi connectivity index (χ4v) is 3.53. The van der Waals surface area contributed by atoms with Crippen molar-refractivity contribution in [2.24, 2.45) is 5.73 Å². The number of thiazole rings is 1. The molecule has 1 amide bonds. The van der Waals surface area contributed by atoms with Crippen molar-refractivity contribution in [2.75, 3.05) is 6.54 Å². The number of nitrogens with zero attached hydrogens (tertiary/aromatic N) is 1. The van der Waals surface area contributed by atoms with E-state index in [1.807, 2.05) is 24.4 Å². The van der Waals surface area contributed by atoms with E-state index in [0.29, 0.717) is 13.0 Å². The van der Waals surface area contributed by atoms with E-state index < -0.39 is 0 Å². The highest BCUT2D eigenvalue weighted by Gasteiger charge is 2.10. The molecule has 2 aromatic heterocycles. The van der Waals surface area contributed by atoms with Crippen molar-refractivity contribution in [2.45, 2.75) is 25.8 Å².